The molecule has 3 aliphatic rings. The zero-order chi connectivity index (χ0) is 35.1. The first-order valence-corrected chi connectivity index (χ1v) is 17.3. The van der Waals surface area contributed by atoms with Gasteiger partial charge in [-0.25, -0.2) is 4.68 Å². The highest BCUT2D eigenvalue weighted by atomic mass is 32.2. The smallest absolute Gasteiger partial charge is 0.181 e. The van der Waals surface area contributed by atoms with Crippen molar-refractivity contribution in [3.8, 4) is 0 Å². The Kier molecular flexibility index (Phi) is 15.5. The molecule has 4 heterocycles. The van der Waals surface area contributed by atoms with Gasteiger partial charge in [0.05, 0.1) is 51.9 Å². The van der Waals surface area contributed by atoms with Gasteiger partial charge in [-0.2, -0.15) is 0 Å². The lowest BCUT2D eigenvalue weighted by Gasteiger charge is -2.40. The third kappa shape index (κ3) is 9.14. The lowest BCUT2D eigenvalue weighted by Crippen LogP contribution is -2.57. The molecular formula is C26H45N3O17S2. The summed E-state index contributed by atoms with van der Waals surface area (Å²) in [5.74, 6) is 0.482. The largest absolute Gasteiger partial charge is 0.394 e. The van der Waals surface area contributed by atoms with Crippen LogP contribution in [0.25, 0.3) is 0 Å². The fraction of sp³-hybridized carbons (Fsp3) is 0.923. The van der Waals surface area contributed by atoms with Gasteiger partial charge in [0.2, 0.25) is 0 Å². The van der Waals surface area contributed by atoms with Crippen molar-refractivity contribution in [2.24, 2.45) is 0 Å². The van der Waals surface area contributed by atoms with E-state index in [2.05, 4.69) is 10.3 Å². The lowest BCUT2D eigenvalue weighted by atomic mass is 9.98. The molecule has 15 atom stereocenters. The Labute approximate surface area is 282 Å². The molecule has 0 amide bonds. The van der Waals surface area contributed by atoms with Crippen molar-refractivity contribution in [3.05, 3.63) is 11.4 Å². The Bertz CT molecular complexity index is 1110. The first-order valence-electron chi connectivity index (χ1n) is 15.2. The molecule has 4 rings (SSSR count). The average Bonchev–Trinajstić information content (AvgIpc) is 3.48. The van der Waals surface area contributed by atoms with Crippen molar-refractivity contribution in [2.75, 3.05) is 44.5 Å². The van der Waals surface area contributed by atoms with Crippen molar-refractivity contribution >= 4 is 23.5 Å². The Morgan fingerprint density at radius 2 is 1.00 bits per heavy atom. The average molecular weight is 736 g/mol. The van der Waals surface area contributed by atoms with Gasteiger partial charge >= 0.3 is 0 Å². The predicted octanol–water partition coefficient (Wildman–Crippen LogP) is -6.65. The highest BCUT2D eigenvalue weighted by Crippen LogP contribution is 2.32. The number of rotatable bonds is 16. The van der Waals surface area contributed by atoms with Crippen LogP contribution in [-0.2, 0) is 36.9 Å². The summed E-state index contributed by atoms with van der Waals surface area (Å²) >= 11 is 2.16. The highest BCUT2D eigenvalue weighted by molar-refractivity contribution is 8.00. The molecule has 1 aromatic heterocycles. The van der Waals surface area contributed by atoms with E-state index in [9.17, 15) is 61.3 Å². The number of hydrogen-bond acceptors (Lipinski definition) is 21. The summed E-state index contributed by atoms with van der Waals surface area (Å²) < 4.78 is 29.2. The van der Waals surface area contributed by atoms with Crippen LogP contribution in [0.15, 0.2) is 0 Å². The van der Waals surface area contributed by atoms with Crippen LogP contribution in [0.2, 0.25) is 0 Å². The summed E-state index contributed by atoms with van der Waals surface area (Å²) in [5.41, 5.74) is -1.42. The molecule has 1 aromatic rings. The van der Waals surface area contributed by atoms with Crippen LogP contribution in [0.3, 0.4) is 0 Å². The molecule has 0 spiro atoms. The van der Waals surface area contributed by atoms with E-state index in [1.165, 1.54) is 0 Å². The van der Waals surface area contributed by atoms with Crippen LogP contribution in [0.5, 0.6) is 0 Å². The molecule has 12 N–H and O–H groups in total. The summed E-state index contributed by atoms with van der Waals surface area (Å²) in [4.78, 5) is 0. The van der Waals surface area contributed by atoms with Gasteiger partial charge in [0.25, 0.3) is 0 Å². The van der Waals surface area contributed by atoms with E-state index in [1.54, 1.807) is 0 Å². The van der Waals surface area contributed by atoms with Gasteiger partial charge in [0.1, 0.15) is 89.8 Å². The molecule has 48 heavy (non-hydrogen) atoms. The van der Waals surface area contributed by atoms with Crippen LogP contribution >= 0.6 is 23.5 Å². The number of thioether (sulfide) groups is 2. The maximum Gasteiger partial charge on any atom is 0.181 e. The van der Waals surface area contributed by atoms with Crippen LogP contribution < -0.4 is 0 Å². The third-order valence-corrected chi connectivity index (χ3v) is 10.4. The predicted molar refractivity (Wildman–Crippen MR) is 161 cm³/mol. The molecule has 0 aliphatic carbocycles. The van der Waals surface area contributed by atoms with Gasteiger partial charge in [-0.3, -0.25) is 0 Å². The van der Waals surface area contributed by atoms with Crippen LogP contribution in [0.1, 0.15) is 17.6 Å². The standard InChI is InChI=1S/C26H45N3O17S2/c30-5-12-15(33)18(36)21(39)24(44-12)29-11(9-43-2-4-48-26-23(41)20(38)17(35)14(7-32)46-26)10(27-28-29)8-42-1-3-47-25-22(40)19(37)16(34)13(6-31)45-25/h12-26,30-41H,1-9H2/t12-,13-,14-,15+,16+,17+,18+,19+,20+,21-,22-,23-,24-,25+,26+/m1/s1. The summed E-state index contributed by atoms with van der Waals surface area (Å²) in [7, 11) is 0. The molecule has 3 aliphatic heterocycles. The second kappa shape index (κ2) is 18.6. The first kappa shape index (κ1) is 39.9. The second-order valence-electron chi connectivity index (χ2n) is 11.4. The van der Waals surface area contributed by atoms with Crippen LogP contribution in [0, 0.1) is 0 Å². The Hall–Kier alpha value is -0.840. The molecule has 278 valence electrons. The number of hydrogen-bond donors (Lipinski definition) is 12. The van der Waals surface area contributed by atoms with E-state index in [1.807, 2.05) is 0 Å². The summed E-state index contributed by atoms with van der Waals surface area (Å²) in [6, 6.07) is 0. The molecule has 0 unspecified atom stereocenters. The number of nitrogens with zero attached hydrogens (tertiary/aromatic N) is 3. The van der Waals surface area contributed by atoms with E-state index < -0.39 is 110 Å². The minimum Gasteiger partial charge on any atom is -0.394 e. The number of aromatic nitrogens is 3. The maximum absolute atomic E-state index is 10.7. The van der Waals surface area contributed by atoms with E-state index in [4.69, 9.17) is 23.7 Å². The molecule has 3 fully saturated rings. The number of ether oxygens (including phenoxy) is 5. The Balaban J connectivity index is 1.36. The zero-order valence-electron chi connectivity index (χ0n) is 25.6. The number of aliphatic hydroxyl groups is 12. The molecule has 0 aromatic carbocycles. The second-order valence-corrected chi connectivity index (χ2v) is 13.8. The van der Waals surface area contributed by atoms with Crippen molar-refractivity contribution in [1.29, 1.82) is 0 Å². The van der Waals surface area contributed by atoms with Gasteiger partial charge in [-0.1, -0.05) is 5.21 Å². The quantitative estimate of drug-likeness (QED) is 0.0702. The van der Waals surface area contributed by atoms with E-state index in [0.29, 0.717) is 0 Å². The van der Waals surface area contributed by atoms with Crippen molar-refractivity contribution < 1.29 is 85.0 Å². The molecule has 0 saturated carbocycles. The fourth-order valence-corrected chi connectivity index (χ4v) is 7.34. The van der Waals surface area contributed by atoms with Crippen molar-refractivity contribution in [3.63, 3.8) is 0 Å². The summed E-state index contributed by atoms with van der Waals surface area (Å²) in [6.45, 7) is -1.97. The Morgan fingerprint density at radius 3 is 1.48 bits per heavy atom. The maximum atomic E-state index is 10.7. The molecule has 20 nitrogen and oxygen atoms in total. The fourth-order valence-electron chi connectivity index (χ4n) is 5.29. The molecule has 0 radical (unpaired) electrons. The molecular weight excluding hydrogens is 690 g/mol. The topological polar surface area (TPSA) is 320 Å². The van der Waals surface area contributed by atoms with E-state index >= 15 is 0 Å². The Morgan fingerprint density at radius 1 is 0.562 bits per heavy atom. The van der Waals surface area contributed by atoms with E-state index in [0.717, 1.165) is 28.2 Å². The summed E-state index contributed by atoms with van der Waals surface area (Å²) in [5, 5.41) is 128. The zero-order valence-corrected chi connectivity index (χ0v) is 27.2. The van der Waals surface area contributed by atoms with Crippen LogP contribution in [0.4, 0.5) is 0 Å². The third-order valence-electron chi connectivity index (χ3n) is 8.17. The molecule has 3 saturated heterocycles. The molecule has 22 heteroatoms. The van der Waals surface area contributed by atoms with Crippen molar-refractivity contribution in [1.82, 2.24) is 15.0 Å². The molecule has 0 bridgehead atoms. The van der Waals surface area contributed by atoms with Gasteiger partial charge in [0, 0.05) is 11.5 Å². The minimum absolute atomic E-state index is 0.0512. The number of aliphatic hydroxyl groups excluding tert-OH is 12. The normalized spacial score (nSPS) is 40.7. The first-order chi connectivity index (χ1) is 22.9. The van der Waals surface area contributed by atoms with Gasteiger partial charge in [-0.05, 0) is 0 Å². The monoisotopic (exact) mass is 735 g/mol. The van der Waals surface area contributed by atoms with Gasteiger partial charge in [-0.15, -0.1) is 28.6 Å². The minimum atomic E-state index is -1.69. The summed E-state index contributed by atoms with van der Waals surface area (Å²) in [6.07, 6.45) is -18.5. The van der Waals surface area contributed by atoms with Gasteiger partial charge < -0.3 is 85.0 Å². The lowest BCUT2D eigenvalue weighted by molar-refractivity contribution is -0.255. The van der Waals surface area contributed by atoms with E-state index in [-0.39, 0.29) is 49.3 Å². The van der Waals surface area contributed by atoms with Crippen molar-refractivity contribution in [2.45, 2.75) is 104 Å². The highest BCUT2D eigenvalue weighted by Gasteiger charge is 2.46. The van der Waals surface area contributed by atoms with Crippen LogP contribution in [-0.4, -0.2) is 205 Å². The van der Waals surface area contributed by atoms with Gasteiger partial charge in [0.15, 0.2) is 6.23 Å². The SMILES string of the molecule is OC[C@H]1O[C@@H](n2nnc(COCCS[C@@H]3O[C@H](CO)[C@H](O)[C@H](O)[C@H]3O)c2COCCS[C@@H]2O[C@H](CO)[C@H](O)[C@H](O)[C@H]2O)[C@H](O)[C@@H](O)[C@H]1O.